The SMILES string of the molecule is CCNC(CCN1CCOC(CC)C1)C(=O)OC. The molecule has 0 aromatic rings. The van der Waals surface area contributed by atoms with Gasteiger partial charge in [-0.25, -0.2) is 0 Å². The molecule has 2 atom stereocenters. The van der Waals surface area contributed by atoms with Crippen molar-refractivity contribution in [3.05, 3.63) is 0 Å². The highest BCUT2D eigenvalue weighted by Gasteiger charge is 2.22. The minimum atomic E-state index is -0.192. The molecule has 18 heavy (non-hydrogen) atoms. The van der Waals surface area contributed by atoms with E-state index in [1.54, 1.807) is 0 Å². The third-order valence-electron chi connectivity index (χ3n) is 3.35. The summed E-state index contributed by atoms with van der Waals surface area (Å²) < 4.78 is 10.4. The van der Waals surface area contributed by atoms with E-state index in [1.165, 1.54) is 7.11 Å². The highest BCUT2D eigenvalue weighted by Crippen LogP contribution is 2.09. The number of ether oxygens (including phenoxy) is 2. The molecule has 2 unspecified atom stereocenters. The Morgan fingerprint density at radius 3 is 2.94 bits per heavy atom. The summed E-state index contributed by atoms with van der Waals surface area (Å²) >= 11 is 0. The molecule has 1 fully saturated rings. The molecule has 1 N–H and O–H groups in total. The van der Waals surface area contributed by atoms with Crippen LogP contribution in [-0.4, -0.2) is 62.9 Å². The Morgan fingerprint density at radius 1 is 1.56 bits per heavy atom. The second-order valence-corrected chi connectivity index (χ2v) is 4.62. The van der Waals surface area contributed by atoms with Gasteiger partial charge in [-0.05, 0) is 19.4 Å². The lowest BCUT2D eigenvalue weighted by atomic mass is 10.1. The number of hydrogen-bond acceptors (Lipinski definition) is 5. The zero-order valence-electron chi connectivity index (χ0n) is 11.8. The standard InChI is InChI=1S/C13H26N2O3/c1-4-11-10-15(8-9-18-11)7-6-12(14-5-2)13(16)17-3/h11-12,14H,4-10H2,1-3H3. The molecule has 0 bridgehead atoms. The van der Waals surface area contributed by atoms with Gasteiger partial charge in [0.15, 0.2) is 0 Å². The number of nitrogens with one attached hydrogen (secondary N) is 1. The number of esters is 1. The van der Waals surface area contributed by atoms with Crippen molar-refractivity contribution in [2.45, 2.75) is 38.8 Å². The molecule has 1 rings (SSSR count). The minimum absolute atomic E-state index is 0.169. The summed E-state index contributed by atoms with van der Waals surface area (Å²) in [5, 5.41) is 3.17. The van der Waals surface area contributed by atoms with Crippen LogP contribution in [0.1, 0.15) is 26.7 Å². The van der Waals surface area contributed by atoms with E-state index in [4.69, 9.17) is 9.47 Å². The van der Waals surface area contributed by atoms with Crippen molar-refractivity contribution in [1.82, 2.24) is 10.2 Å². The van der Waals surface area contributed by atoms with E-state index in [0.717, 1.165) is 45.6 Å². The van der Waals surface area contributed by atoms with E-state index in [9.17, 15) is 4.79 Å². The average Bonchev–Trinajstić information content (AvgIpc) is 2.42. The molecule has 0 amide bonds. The lowest BCUT2D eigenvalue weighted by molar-refractivity contribution is -0.143. The monoisotopic (exact) mass is 258 g/mol. The number of nitrogens with zero attached hydrogens (tertiary/aromatic N) is 1. The quantitative estimate of drug-likeness (QED) is 0.679. The van der Waals surface area contributed by atoms with Crippen molar-refractivity contribution in [2.24, 2.45) is 0 Å². The average molecular weight is 258 g/mol. The Bertz CT molecular complexity index is 248. The maximum Gasteiger partial charge on any atom is 0.322 e. The van der Waals surface area contributed by atoms with Gasteiger partial charge in [-0.2, -0.15) is 0 Å². The van der Waals surface area contributed by atoms with E-state index >= 15 is 0 Å². The van der Waals surface area contributed by atoms with Crippen LogP contribution in [0, 0.1) is 0 Å². The Hall–Kier alpha value is -0.650. The Labute approximate surface area is 110 Å². The zero-order valence-corrected chi connectivity index (χ0v) is 11.8. The maximum absolute atomic E-state index is 11.6. The Balaban J connectivity index is 2.34. The van der Waals surface area contributed by atoms with Crippen molar-refractivity contribution in [1.29, 1.82) is 0 Å². The molecule has 5 heteroatoms. The number of carbonyl (C=O) groups is 1. The van der Waals surface area contributed by atoms with Gasteiger partial charge in [0.25, 0.3) is 0 Å². The fourth-order valence-corrected chi connectivity index (χ4v) is 2.23. The van der Waals surface area contributed by atoms with Gasteiger partial charge in [0.2, 0.25) is 0 Å². The highest BCUT2D eigenvalue weighted by molar-refractivity contribution is 5.75. The molecule has 1 saturated heterocycles. The van der Waals surface area contributed by atoms with Gasteiger partial charge in [0.05, 0.1) is 19.8 Å². The van der Waals surface area contributed by atoms with Crippen LogP contribution in [0.15, 0.2) is 0 Å². The van der Waals surface area contributed by atoms with Gasteiger partial charge >= 0.3 is 5.97 Å². The van der Waals surface area contributed by atoms with Gasteiger partial charge in [-0.3, -0.25) is 9.69 Å². The van der Waals surface area contributed by atoms with Crippen LogP contribution in [0.5, 0.6) is 0 Å². The molecular weight excluding hydrogens is 232 g/mol. The first kappa shape index (κ1) is 15.4. The molecule has 1 heterocycles. The topological polar surface area (TPSA) is 50.8 Å². The van der Waals surface area contributed by atoms with Crippen LogP contribution in [-0.2, 0) is 14.3 Å². The second kappa shape index (κ2) is 8.45. The molecule has 1 aliphatic rings. The zero-order chi connectivity index (χ0) is 13.4. The third-order valence-corrected chi connectivity index (χ3v) is 3.35. The predicted octanol–water partition coefficient (Wildman–Crippen LogP) is 0.638. The molecule has 0 aliphatic carbocycles. The molecule has 0 spiro atoms. The number of rotatable bonds is 7. The summed E-state index contributed by atoms with van der Waals surface area (Å²) in [6.45, 7) is 8.55. The highest BCUT2D eigenvalue weighted by atomic mass is 16.5. The number of morpholine rings is 1. The van der Waals surface area contributed by atoms with E-state index in [-0.39, 0.29) is 12.0 Å². The molecule has 106 valence electrons. The molecule has 0 aromatic heterocycles. The Kier molecular flexibility index (Phi) is 7.23. The summed E-state index contributed by atoms with van der Waals surface area (Å²) in [6.07, 6.45) is 2.18. The van der Waals surface area contributed by atoms with Crippen molar-refractivity contribution in [2.75, 3.05) is 39.9 Å². The molecule has 1 aliphatic heterocycles. The van der Waals surface area contributed by atoms with Gasteiger partial charge in [-0.1, -0.05) is 13.8 Å². The van der Waals surface area contributed by atoms with Gasteiger partial charge in [0.1, 0.15) is 6.04 Å². The van der Waals surface area contributed by atoms with E-state index in [0.29, 0.717) is 6.10 Å². The van der Waals surface area contributed by atoms with Crippen molar-refractivity contribution < 1.29 is 14.3 Å². The van der Waals surface area contributed by atoms with Gasteiger partial charge in [0, 0.05) is 19.6 Å². The van der Waals surface area contributed by atoms with Crippen LogP contribution in [0.3, 0.4) is 0 Å². The first-order valence-corrected chi connectivity index (χ1v) is 6.86. The Morgan fingerprint density at radius 2 is 2.33 bits per heavy atom. The van der Waals surface area contributed by atoms with Crippen molar-refractivity contribution in [3.8, 4) is 0 Å². The van der Waals surface area contributed by atoms with E-state index < -0.39 is 0 Å². The van der Waals surface area contributed by atoms with Crippen LogP contribution >= 0.6 is 0 Å². The smallest absolute Gasteiger partial charge is 0.322 e. The van der Waals surface area contributed by atoms with E-state index in [1.807, 2.05) is 6.92 Å². The third kappa shape index (κ3) is 4.92. The number of carbonyl (C=O) groups excluding carboxylic acids is 1. The lowest BCUT2D eigenvalue weighted by Gasteiger charge is -2.33. The van der Waals surface area contributed by atoms with Gasteiger partial charge in [-0.15, -0.1) is 0 Å². The molecular formula is C13H26N2O3. The lowest BCUT2D eigenvalue weighted by Crippen LogP contribution is -2.45. The van der Waals surface area contributed by atoms with Crippen molar-refractivity contribution >= 4 is 5.97 Å². The summed E-state index contributed by atoms with van der Waals surface area (Å²) in [5.41, 5.74) is 0. The van der Waals surface area contributed by atoms with Crippen molar-refractivity contribution in [3.63, 3.8) is 0 Å². The number of hydrogen-bond donors (Lipinski definition) is 1. The predicted molar refractivity (Wildman–Crippen MR) is 70.6 cm³/mol. The first-order valence-electron chi connectivity index (χ1n) is 6.86. The van der Waals surface area contributed by atoms with Crippen LogP contribution in [0.25, 0.3) is 0 Å². The van der Waals surface area contributed by atoms with E-state index in [2.05, 4.69) is 17.1 Å². The summed E-state index contributed by atoms with van der Waals surface area (Å²) in [4.78, 5) is 13.9. The number of likely N-dealkylation sites (N-methyl/N-ethyl adjacent to an activating group) is 1. The second-order valence-electron chi connectivity index (χ2n) is 4.62. The normalized spacial score (nSPS) is 22.7. The first-order chi connectivity index (χ1) is 8.71. The fraction of sp³-hybridized carbons (Fsp3) is 0.923. The van der Waals surface area contributed by atoms with Crippen LogP contribution in [0.4, 0.5) is 0 Å². The van der Waals surface area contributed by atoms with Gasteiger partial charge < -0.3 is 14.8 Å². The molecule has 0 radical (unpaired) electrons. The minimum Gasteiger partial charge on any atom is -0.468 e. The molecule has 5 nitrogen and oxygen atoms in total. The molecule has 0 aromatic carbocycles. The van der Waals surface area contributed by atoms with Crippen LogP contribution < -0.4 is 5.32 Å². The summed E-state index contributed by atoms with van der Waals surface area (Å²) in [6, 6.07) is -0.192. The summed E-state index contributed by atoms with van der Waals surface area (Å²) in [7, 11) is 1.44. The largest absolute Gasteiger partial charge is 0.468 e. The fourth-order valence-electron chi connectivity index (χ4n) is 2.23. The summed E-state index contributed by atoms with van der Waals surface area (Å²) in [5.74, 6) is -0.169. The number of methoxy groups -OCH3 is 1. The molecule has 0 saturated carbocycles. The van der Waals surface area contributed by atoms with Crippen LogP contribution in [0.2, 0.25) is 0 Å². The maximum atomic E-state index is 11.6.